The van der Waals surface area contributed by atoms with Crippen LogP contribution in [0.25, 0.3) is 21.1 Å². The van der Waals surface area contributed by atoms with Crippen LogP contribution in [0.2, 0.25) is 0 Å². The van der Waals surface area contributed by atoms with Crippen LogP contribution in [0.1, 0.15) is 16.2 Å². The molecule has 23 heavy (non-hydrogen) atoms. The minimum atomic E-state index is 0.0166. The Morgan fingerprint density at radius 1 is 1.17 bits per heavy atom. The number of thiophene rings is 1. The van der Waals surface area contributed by atoms with Crippen molar-refractivity contribution in [3.63, 3.8) is 0 Å². The minimum Gasteiger partial charge on any atom is -0.340 e. The van der Waals surface area contributed by atoms with Gasteiger partial charge in [0.2, 0.25) is 0 Å². The van der Waals surface area contributed by atoms with E-state index < -0.39 is 0 Å². The topological polar surface area (TPSA) is 49.0 Å². The van der Waals surface area contributed by atoms with Crippen LogP contribution in [-0.2, 0) is 6.54 Å². The van der Waals surface area contributed by atoms with Gasteiger partial charge in [0.1, 0.15) is 5.82 Å². The molecule has 0 atom stereocenters. The average molecular weight is 321 g/mol. The van der Waals surface area contributed by atoms with Crippen molar-refractivity contribution in [1.29, 1.82) is 0 Å². The van der Waals surface area contributed by atoms with Crippen molar-refractivity contribution >= 4 is 38.4 Å². The van der Waals surface area contributed by atoms with E-state index >= 15 is 0 Å². The van der Waals surface area contributed by atoms with Gasteiger partial charge in [-0.2, -0.15) is 0 Å². The molecule has 114 valence electrons. The molecule has 4 aromatic rings. The standard InChI is InChI=1S/C18H15N3OS/c1-21(10-17-19-14-7-3-4-8-15(14)20-17)18(22)13-11-23-16-9-5-2-6-12(13)16/h2-9,11H,10H2,1H3,(H,19,20). The summed E-state index contributed by atoms with van der Waals surface area (Å²) in [6.07, 6.45) is 0. The summed E-state index contributed by atoms with van der Waals surface area (Å²) in [6, 6.07) is 15.9. The predicted molar refractivity (Wildman–Crippen MR) is 93.7 cm³/mol. The van der Waals surface area contributed by atoms with Gasteiger partial charge >= 0.3 is 0 Å². The molecule has 2 aromatic heterocycles. The number of carbonyl (C=O) groups excluding carboxylic acids is 1. The van der Waals surface area contributed by atoms with Crippen molar-refractivity contribution in [3.05, 3.63) is 65.3 Å². The molecule has 0 aliphatic carbocycles. The van der Waals surface area contributed by atoms with Crippen molar-refractivity contribution < 1.29 is 4.79 Å². The Labute approximate surface area is 137 Å². The average Bonchev–Trinajstić information content (AvgIpc) is 3.17. The minimum absolute atomic E-state index is 0.0166. The molecule has 0 fully saturated rings. The Bertz CT molecular complexity index is 969. The molecule has 4 nitrogen and oxygen atoms in total. The third-order valence-electron chi connectivity index (χ3n) is 3.88. The Morgan fingerprint density at radius 3 is 2.83 bits per heavy atom. The number of H-pyrrole nitrogens is 1. The van der Waals surface area contributed by atoms with E-state index in [-0.39, 0.29) is 5.91 Å². The van der Waals surface area contributed by atoms with E-state index in [1.54, 1.807) is 16.2 Å². The van der Waals surface area contributed by atoms with Crippen molar-refractivity contribution in [2.75, 3.05) is 7.05 Å². The molecule has 0 radical (unpaired) electrons. The maximum Gasteiger partial charge on any atom is 0.255 e. The Kier molecular flexibility index (Phi) is 3.35. The van der Waals surface area contributed by atoms with Crippen LogP contribution < -0.4 is 0 Å². The lowest BCUT2D eigenvalue weighted by Gasteiger charge is -2.15. The molecule has 0 aliphatic rings. The highest BCUT2D eigenvalue weighted by Gasteiger charge is 2.17. The predicted octanol–water partition coefficient (Wildman–Crippen LogP) is 4.05. The van der Waals surface area contributed by atoms with E-state index in [0.29, 0.717) is 6.54 Å². The quantitative estimate of drug-likeness (QED) is 0.619. The van der Waals surface area contributed by atoms with E-state index in [4.69, 9.17) is 0 Å². The molecule has 0 spiro atoms. The molecule has 0 unspecified atom stereocenters. The molecule has 2 aromatic carbocycles. The molecule has 1 amide bonds. The number of carbonyl (C=O) groups is 1. The lowest BCUT2D eigenvalue weighted by atomic mass is 10.1. The highest BCUT2D eigenvalue weighted by molar-refractivity contribution is 7.17. The summed E-state index contributed by atoms with van der Waals surface area (Å²) < 4.78 is 1.13. The molecule has 0 aliphatic heterocycles. The van der Waals surface area contributed by atoms with Crippen LogP contribution >= 0.6 is 11.3 Å². The lowest BCUT2D eigenvalue weighted by molar-refractivity contribution is 0.0784. The van der Waals surface area contributed by atoms with Gasteiger partial charge in [-0.25, -0.2) is 4.98 Å². The summed E-state index contributed by atoms with van der Waals surface area (Å²) in [7, 11) is 1.81. The highest BCUT2D eigenvalue weighted by atomic mass is 32.1. The molecule has 0 saturated heterocycles. The number of fused-ring (bicyclic) bond motifs is 2. The van der Waals surface area contributed by atoms with Crippen LogP contribution in [0.15, 0.2) is 53.9 Å². The molecule has 0 saturated carbocycles. The van der Waals surface area contributed by atoms with Crippen LogP contribution in [0.4, 0.5) is 0 Å². The third kappa shape index (κ3) is 2.49. The number of aromatic nitrogens is 2. The van der Waals surface area contributed by atoms with Crippen molar-refractivity contribution in [2.45, 2.75) is 6.54 Å². The van der Waals surface area contributed by atoms with E-state index in [9.17, 15) is 4.79 Å². The van der Waals surface area contributed by atoms with Crippen LogP contribution in [0, 0.1) is 0 Å². The zero-order valence-corrected chi connectivity index (χ0v) is 13.4. The number of hydrogen-bond acceptors (Lipinski definition) is 3. The fourth-order valence-electron chi connectivity index (χ4n) is 2.73. The maximum absolute atomic E-state index is 12.7. The van der Waals surface area contributed by atoms with Gasteiger partial charge in [-0.3, -0.25) is 4.79 Å². The molecule has 0 bridgehead atoms. The third-order valence-corrected chi connectivity index (χ3v) is 4.85. The zero-order valence-electron chi connectivity index (χ0n) is 12.6. The molecule has 2 heterocycles. The number of imidazole rings is 1. The SMILES string of the molecule is CN(Cc1nc2ccccc2[nH]1)C(=O)c1csc2ccccc12. The largest absolute Gasteiger partial charge is 0.340 e. The number of hydrogen-bond donors (Lipinski definition) is 1. The Morgan fingerprint density at radius 2 is 1.96 bits per heavy atom. The van der Waals surface area contributed by atoms with E-state index in [1.165, 1.54) is 0 Å². The van der Waals surface area contributed by atoms with Gasteiger partial charge in [-0.15, -0.1) is 11.3 Å². The fraction of sp³-hybridized carbons (Fsp3) is 0.111. The van der Waals surface area contributed by atoms with E-state index in [2.05, 4.69) is 9.97 Å². The summed E-state index contributed by atoms with van der Waals surface area (Å²) in [6.45, 7) is 0.456. The zero-order chi connectivity index (χ0) is 15.8. The summed E-state index contributed by atoms with van der Waals surface area (Å²) in [4.78, 5) is 22.2. The number of rotatable bonds is 3. The molecular weight excluding hydrogens is 306 g/mol. The van der Waals surface area contributed by atoms with Crippen LogP contribution in [0.5, 0.6) is 0 Å². The maximum atomic E-state index is 12.7. The second kappa shape index (κ2) is 5.52. The molecule has 4 rings (SSSR count). The van der Waals surface area contributed by atoms with Gasteiger partial charge < -0.3 is 9.88 Å². The summed E-state index contributed by atoms with van der Waals surface area (Å²) in [5.74, 6) is 0.810. The normalized spacial score (nSPS) is 11.2. The number of para-hydroxylation sites is 2. The molecule has 1 N–H and O–H groups in total. The summed E-state index contributed by atoms with van der Waals surface area (Å²) in [5.41, 5.74) is 2.66. The van der Waals surface area contributed by atoms with Gasteiger partial charge in [0.05, 0.1) is 23.1 Å². The monoisotopic (exact) mass is 321 g/mol. The fourth-order valence-corrected chi connectivity index (χ4v) is 3.66. The van der Waals surface area contributed by atoms with Gasteiger partial charge in [-0.05, 0) is 18.2 Å². The summed E-state index contributed by atoms with van der Waals surface area (Å²) >= 11 is 1.60. The first kappa shape index (κ1) is 14.0. The van der Waals surface area contributed by atoms with Crippen molar-refractivity contribution in [3.8, 4) is 0 Å². The summed E-state index contributed by atoms with van der Waals surface area (Å²) in [5, 5.41) is 2.95. The van der Waals surface area contributed by atoms with Gasteiger partial charge in [0.25, 0.3) is 5.91 Å². The number of benzene rings is 2. The first-order valence-corrected chi connectivity index (χ1v) is 8.25. The lowest BCUT2D eigenvalue weighted by Crippen LogP contribution is -2.26. The highest BCUT2D eigenvalue weighted by Crippen LogP contribution is 2.26. The molecular formula is C18H15N3OS. The van der Waals surface area contributed by atoms with Gasteiger partial charge in [0, 0.05) is 22.5 Å². The molecule has 5 heteroatoms. The van der Waals surface area contributed by atoms with Crippen molar-refractivity contribution in [2.24, 2.45) is 0 Å². The first-order chi connectivity index (χ1) is 11.2. The van der Waals surface area contributed by atoms with E-state index in [0.717, 1.165) is 32.5 Å². The number of amides is 1. The Balaban J connectivity index is 1.60. The smallest absolute Gasteiger partial charge is 0.255 e. The van der Waals surface area contributed by atoms with Gasteiger partial charge in [0.15, 0.2) is 0 Å². The Hall–Kier alpha value is -2.66. The second-order valence-electron chi connectivity index (χ2n) is 5.51. The van der Waals surface area contributed by atoms with Crippen LogP contribution in [0.3, 0.4) is 0 Å². The van der Waals surface area contributed by atoms with Crippen molar-refractivity contribution in [1.82, 2.24) is 14.9 Å². The van der Waals surface area contributed by atoms with E-state index in [1.807, 2.05) is 61.0 Å². The number of aromatic amines is 1. The second-order valence-corrected chi connectivity index (χ2v) is 6.42. The first-order valence-electron chi connectivity index (χ1n) is 7.38. The number of nitrogens with one attached hydrogen (secondary N) is 1. The van der Waals surface area contributed by atoms with Crippen LogP contribution in [-0.4, -0.2) is 27.8 Å². The van der Waals surface area contributed by atoms with Gasteiger partial charge in [-0.1, -0.05) is 30.3 Å². The number of nitrogens with zero attached hydrogens (tertiary/aromatic N) is 2.